The first kappa shape index (κ1) is 25.0. The van der Waals surface area contributed by atoms with Crippen LogP contribution in [0.15, 0.2) is 128 Å². The van der Waals surface area contributed by atoms with E-state index < -0.39 is 5.91 Å². The summed E-state index contributed by atoms with van der Waals surface area (Å²) in [5, 5.41) is 12.2. The highest BCUT2D eigenvalue weighted by Crippen LogP contribution is 2.13. The summed E-state index contributed by atoms with van der Waals surface area (Å²) >= 11 is 0. The molecule has 1 amide bonds. The zero-order valence-corrected chi connectivity index (χ0v) is 20.6. The summed E-state index contributed by atoms with van der Waals surface area (Å²) < 4.78 is 6.78. The number of azo groups is 1. The van der Waals surface area contributed by atoms with E-state index in [0.717, 1.165) is 0 Å². The molecule has 11 heteroatoms. The molecule has 0 atom stereocenters. The molecular formula is C28H21N7O4. The average molecular weight is 520 g/mol. The van der Waals surface area contributed by atoms with Gasteiger partial charge in [0.05, 0.1) is 29.1 Å². The third-order valence-corrected chi connectivity index (χ3v) is 5.61. The van der Waals surface area contributed by atoms with Gasteiger partial charge in [-0.3, -0.25) is 25.2 Å². The van der Waals surface area contributed by atoms with Gasteiger partial charge in [-0.05, 0) is 67.6 Å². The van der Waals surface area contributed by atoms with E-state index in [4.69, 9.17) is 4.42 Å². The Bertz CT molecular complexity index is 1760. The van der Waals surface area contributed by atoms with E-state index in [9.17, 15) is 14.4 Å². The number of nitrogens with one attached hydrogen (secondary N) is 2. The van der Waals surface area contributed by atoms with Gasteiger partial charge in [0.1, 0.15) is 5.82 Å². The quantitative estimate of drug-likeness (QED) is 0.126. The Labute approximate surface area is 221 Å². The van der Waals surface area contributed by atoms with E-state index in [-0.39, 0.29) is 17.2 Å². The van der Waals surface area contributed by atoms with Gasteiger partial charge in [-0.25, -0.2) is 9.66 Å². The van der Waals surface area contributed by atoms with Crippen LogP contribution in [0.2, 0.25) is 0 Å². The Hall–Kier alpha value is -5.71. The molecule has 0 saturated heterocycles. The first-order valence-electron chi connectivity index (χ1n) is 11.8. The molecule has 2 N–H and O–H groups in total. The van der Waals surface area contributed by atoms with E-state index in [1.54, 1.807) is 79.7 Å². The van der Waals surface area contributed by atoms with Gasteiger partial charge in [0, 0.05) is 11.1 Å². The molecule has 1 aliphatic carbocycles. The van der Waals surface area contributed by atoms with Crippen molar-refractivity contribution in [2.45, 2.75) is 6.92 Å². The number of para-hydroxylation sites is 1. The molecule has 0 unspecified atom stereocenters. The van der Waals surface area contributed by atoms with Gasteiger partial charge in [0.15, 0.2) is 11.5 Å². The second-order valence-electron chi connectivity index (χ2n) is 8.24. The summed E-state index contributed by atoms with van der Waals surface area (Å²) in [5.41, 5.74) is 7.37. The number of aromatic nitrogens is 2. The summed E-state index contributed by atoms with van der Waals surface area (Å²) in [6, 6.07) is 16.8. The van der Waals surface area contributed by atoms with Crippen molar-refractivity contribution in [2.75, 3.05) is 10.9 Å². The fourth-order valence-electron chi connectivity index (χ4n) is 3.63. The molecule has 0 bridgehead atoms. The Morgan fingerprint density at radius 2 is 1.79 bits per heavy atom. The number of carbonyl (C=O) groups is 2. The van der Waals surface area contributed by atoms with Crippen molar-refractivity contribution in [3.05, 3.63) is 131 Å². The Balaban J connectivity index is 1.33. The fraction of sp³-hybridized carbons (Fsp3) is 0.0357. The lowest BCUT2D eigenvalue weighted by Gasteiger charge is -2.14. The summed E-state index contributed by atoms with van der Waals surface area (Å²) in [6.45, 7) is 1.71. The highest BCUT2D eigenvalue weighted by Gasteiger charge is 2.13. The molecular weight excluding hydrogens is 498 g/mol. The Morgan fingerprint density at radius 1 is 1.00 bits per heavy atom. The number of nitrogens with zero attached hydrogens (tertiary/aromatic N) is 5. The minimum Gasteiger partial charge on any atom is -0.461 e. The van der Waals surface area contributed by atoms with Crippen molar-refractivity contribution < 1.29 is 14.0 Å². The van der Waals surface area contributed by atoms with Crippen LogP contribution < -0.4 is 16.4 Å². The number of amidine groups is 1. The van der Waals surface area contributed by atoms with Gasteiger partial charge in [-0.1, -0.05) is 24.3 Å². The third-order valence-electron chi connectivity index (χ3n) is 5.61. The van der Waals surface area contributed by atoms with Crippen LogP contribution in [-0.2, 0) is 4.79 Å². The standard InChI is InChI=1S/C28H21N7O4/c1-18-30-23-9-4-3-8-22(23)28(38)35(18)34-26(25-11-6-16-39-25)32-31-21-14-12-19(13-15-21)27(37)33-29-17-20-7-2-5-10-24(20)36/h2-17,31H,1H3,(H,32,34)/b20-17+,33-29?. The fourth-order valence-corrected chi connectivity index (χ4v) is 3.63. The summed E-state index contributed by atoms with van der Waals surface area (Å²) in [5.74, 6) is 0.267. The van der Waals surface area contributed by atoms with Gasteiger partial charge in [-0.15, -0.1) is 5.11 Å². The number of hydrazone groups is 1. The molecule has 4 aromatic rings. The number of hydrogen-bond donors (Lipinski definition) is 2. The lowest BCUT2D eigenvalue weighted by Crippen LogP contribution is -2.36. The van der Waals surface area contributed by atoms with E-state index in [1.165, 1.54) is 23.2 Å². The number of allylic oxidation sites excluding steroid dienone is 5. The molecule has 192 valence electrons. The number of benzene rings is 2. The van der Waals surface area contributed by atoms with Crippen molar-refractivity contribution in [1.82, 2.24) is 9.66 Å². The molecule has 0 spiro atoms. The number of ketones is 1. The van der Waals surface area contributed by atoms with Crippen LogP contribution in [0.5, 0.6) is 0 Å². The van der Waals surface area contributed by atoms with Gasteiger partial charge < -0.3 is 4.42 Å². The average Bonchev–Trinajstić information content (AvgIpc) is 3.49. The third kappa shape index (κ3) is 5.67. The number of amides is 1. The predicted octanol–water partition coefficient (Wildman–Crippen LogP) is 4.49. The Morgan fingerprint density at radius 3 is 2.56 bits per heavy atom. The van der Waals surface area contributed by atoms with E-state index in [0.29, 0.717) is 39.3 Å². The van der Waals surface area contributed by atoms with Crippen LogP contribution in [0.1, 0.15) is 21.9 Å². The van der Waals surface area contributed by atoms with Crippen LogP contribution in [0.3, 0.4) is 0 Å². The van der Waals surface area contributed by atoms with Gasteiger partial charge in [-0.2, -0.15) is 10.2 Å². The molecule has 2 aromatic carbocycles. The van der Waals surface area contributed by atoms with E-state index in [2.05, 4.69) is 31.2 Å². The topological polar surface area (TPSA) is 143 Å². The SMILES string of the molecule is Cc1nc2ccccc2c(=O)n1N/C(=N/Nc1ccc(C(=O)N=N/C=C2\C=CC=CC2=O)cc1)c1ccco1. The van der Waals surface area contributed by atoms with Crippen molar-refractivity contribution in [3.8, 4) is 0 Å². The van der Waals surface area contributed by atoms with Crippen molar-refractivity contribution in [3.63, 3.8) is 0 Å². The van der Waals surface area contributed by atoms with Gasteiger partial charge in [0.25, 0.3) is 11.5 Å². The maximum absolute atomic E-state index is 13.1. The highest BCUT2D eigenvalue weighted by molar-refractivity contribution is 6.07. The molecule has 11 nitrogen and oxygen atoms in total. The number of carbonyl (C=O) groups excluding carboxylic acids is 2. The zero-order chi connectivity index (χ0) is 27.2. The molecule has 5 rings (SSSR count). The summed E-state index contributed by atoms with van der Waals surface area (Å²) in [6.07, 6.45) is 9.05. The summed E-state index contributed by atoms with van der Waals surface area (Å²) in [4.78, 5) is 41.6. The van der Waals surface area contributed by atoms with E-state index in [1.807, 2.05) is 6.07 Å². The number of rotatable bonds is 6. The number of hydrogen-bond acceptors (Lipinski definition) is 8. The minimum absolute atomic E-state index is 0.208. The van der Waals surface area contributed by atoms with Crippen molar-refractivity contribution in [2.24, 2.45) is 15.3 Å². The number of aryl methyl sites for hydroxylation is 1. The summed E-state index contributed by atoms with van der Waals surface area (Å²) in [7, 11) is 0. The van der Waals surface area contributed by atoms with E-state index >= 15 is 0 Å². The molecule has 0 radical (unpaired) electrons. The van der Waals surface area contributed by atoms with Crippen LogP contribution in [0.4, 0.5) is 5.69 Å². The maximum atomic E-state index is 13.1. The maximum Gasteiger partial charge on any atom is 0.295 e. The molecule has 0 saturated carbocycles. The van der Waals surface area contributed by atoms with Crippen LogP contribution in [-0.4, -0.2) is 27.2 Å². The number of fused-ring (bicyclic) bond motifs is 1. The first-order chi connectivity index (χ1) is 19.0. The second-order valence-corrected chi connectivity index (χ2v) is 8.24. The van der Waals surface area contributed by atoms with Crippen molar-refractivity contribution >= 4 is 34.1 Å². The zero-order valence-electron chi connectivity index (χ0n) is 20.6. The highest BCUT2D eigenvalue weighted by atomic mass is 16.3. The number of anilines is 1. The molecule has 2 aromatic heterocycles. The van der Waals surface area contributed by atoms with Crippen LogP contribution >= 0.6 is 0 Å². The lowest BCUT2D eigenvalue weighted by atomic mass is 10.1. The van der Waals surface area contributed by atoms with Crippen LogP contribution in [0, 0.1) is 6.92 Å². The monoisotopic (exact) mass is 519 g/mol. The molecule has 1 aliphatic rings. The first-order valence-corrected chi connectivity index (χ1v) is 11.8. The smallest absolute Gasteiger partial charge is 0.295 e. The molecule has 2 heterocycles. The normalized spacial score (nSPS) is 14.4. The van der Waals surface area contributed by atoms with Crippen molar-refractivity contribution in [1.29, 1.82) is 0 Å². The number of furan rings is 1. The molecule has 0 fully saturated rings. The van der Waals surface area contributed by atoms with Crippen LogP contribution in [0.25, 0.3) is 10.9 Å². The van der Waals surface area contributed by atoms with Gasteiger partial charge >= 0.3 is 0 Å². The Kier molecular flexibility index (Phi) is 7.13. The lowest BCUT2D eigenvalue weighted by molar-refractivity contribution is -0.111. The predicted molar refractivity (Wildman–Crippen MR) is 146 cm³/mol. The molecule has 0 aliphatic heterocycles. The second kappa shape index (κ2) is 11.1. The minimum atomic E-state index is -0.568. The largest absolute Gasteiger partial charge is 0.461 e. The molecule has 39 heavy (non-hydrogen) atoms. The van der Waals surface area contributed by atoms with Gasteiger partial charge in [0.2, 0.25) is 5.84 Å².